The highest BCUT2D eigenvalue weighted by atomic mass is 16.3. The molecule has 1 heteroatoms. The summed E-state index contributed by atoms with van der Waals surface area (Å²) in [5.74, 6) is 0. The predicted octanol–water partition coefficient (Wildman–Crippen LogP) is 1.73. The number of aryl methyl sites for hydroxylation is 1. The Hall–Kier alpha value is -0.820. The fraction of sp³-hybridized carbons (Fsp3) is 0.455. The molecule has 0 spiro atoms. The van der Waals surface area contributed by atoms with Gasteiger partial charge in [-0.3, -0.25) is 0 Å². The highest BCUT2D eigenvalue weighted by Gasteiger charge is 2.26. The molecule has 0 bridgehead atoms. The number of benzene rings is 1. The topological polar surface area (TPSA) is 20.2 Å². The monoisotopic (exact) mass is 161 g/mol. The lowest BCUT2D eigenvalue weighted by molar-refractivity contribution is 0.0458. The summed E-state index contributed by atoms with van der Waals surface area (Å²) < 4.78 is 0. The standard InChI is InChI=1S/C11H13O/c1-11(12)7-6-9-4-2-3-5-10(9)8-11/h2-4,12H,6-8H2,1H3. The molecule has 0 aromatic heterocycles. The van der Waals surface area contributed by atoms with E-state index in [9.17, 15) is 5.11 Å². The van der Waals surface area contributed by atoms with Gasteiger partial charge in [-0.1, -0.05) is 18.2 Å². The smallest absolute Gasteiger partial charge is 0.0663 e. The third kappa shape index (κ3) is 1.37. The molecule has 1 aromatic carbocycles. The Morgan fingerprint density at radius 1 is 1.58 bits per heavy atom. The van der Waals surface area contributed by atoms with Crippen LogP contribution in [0.15, 0.2) is 18.2 Å². The van der Waals surface area contributed by atoms with Gasteiger partial charge in [0.1, 0.15) is 0 Å². The molecule has 2 rings (SSSR count). The number of hydrogen-bond acceptors (Lipinski definition) is 1. The highest BCUT2D eigenvalue weighted by Crippen LogP contribution is 2.27. The third-order valence-electron chi connectivity index (χ3n) is 2.53. The van der Waals surface area contributed by atoms with Crippen LogP contribution in [-0.2, 0) is 12.8 Å². The van der Waals surface area contributed by atoms with Crippen molar-refractivity contribution in [3.05, 3.63) is 35.4 Å². The molecule has 0 fully saturated rings. The van der Waals surface area contributed by atoms with E-state index in [2.05, 4.69) is 12.1 Å². The zero-order valence-corrected chi connectivity index (χ0v) is 7.30. The average Bonchev–Trinajstić information content (AvgIpc) is 2.02. The summed E-state index contributed by atoms with van der Waals surface area (Å²) in [6, 6.07) is 9.24. The van der Waals surface area contributed by atoms with Crippen molar-refractivity contribution in [3.8, 4) is 0 Å². The molecule has 12 heavy (non-hydrogen) atoms. The SMILES string of the molecule is CC1(O)CCc2ccc[c]c2C1. The molecule has 1 aromatic rings. The zero-order valence-electron chi connectivity index (χ0n) is 7.30. The van der Waals surface area contributed by atoms with Gasteiger partial charge in [-0.05, 0) is 37.0 Å². The molecule has 0 heterocycles. The van der Waals surface area contributed by atoms with E-state index >= 15 is 0 Å². The Kier molecular flexibility index (Phi) is 1.69. The Balaban J connectivity index is 2.35. The van der Waals surface area contributed by atoms with Crippen molar-refractivity contribution in [2.24, 2.45) is 0 Å². The molecule has 1 nitrogen and oxygen atoms in total. The fourth-order valence-corrected chi connectivity index (χ4v) is 1.78. The van der Waals surface area contributed by atoms with Crippen LogP contribution in [-0.4, -0.2) is 10.7 Å². The quantitative estimate of drug-likeness (QED) is 0.614. The summed E-state index contributed by atoms with van der Waals surface area (Å²) in [5, 5.41) is 9.80. The number of aliphatic hydroxyl groups is 1. The van der Waals surface area contributed by atoms with Gasteiger partial charge in [0.05, 0.1) is 5.60 Å². The van der Waals surface area contributed by atoms with Gasteiger partial charge in [0.15, 0.2) is 0 Å². The lowest BCUT2D eigenvalue weighted by Crippen LogP contribution is -2.31. The van der Waals surface area contributed by atoms with Gasteiger partial charge >= 0.3 is 0 Å². The molecule has 1 aliphatic carbocycles. The summed E-state index contributed by atoms with van der Waals surface area (Å²) in [5.41, 5.74) is 2.03. The van der Waals surface area contributed by atoms with Crippen LogP contribution < -0.4 is 0 Å². The van der Waals surface area contributed by atoms with E-state index in [1.807, 2.05) is 19.1 Å². The van der Waals surface area contributed by atoms with Crippen LogP contribution in [0.25, 0.3) is 0 Å². The first-order valence-corrected chi connectivity index (χ1v) is 4.38. The summed E-state index contributed by atoms with van der Waals surface area (Å²) >= 11 is 0. The molecule has 1 unspecified atom stereocenters. The van der Waals surface area contributed by atoms with E-state index < -0.39 is 5.60 Å². The van der Waals surface area contributed by atoms with Crippen LogP contribution in [0.4, 0.5) is 0 Å². The Morgan fingerprint density at radius 2 is 2.42 bits per heavy atom. The number of rotatable bonds is 0. The summed E-state index contributed by atoms with van der Waals surface area (Å²) in [6.07, 6.45) is 2.61. The van der Waals surface area contributed by atoms with Gasteiger partial charge in [0.25, 0.3) is 0 Å². The summed E-state index contributed by atoms with van der Waals surface area (Å²) in [6.45, 7) is 1.90. The lowest BCUT2D eigenvalue weighted by atomic mass is 9.82. The molecule has 1 aliphatic rings. The maximum absolute atomic E-state index is 9.80. The van der Waals surface area contributed by atoms with E-state index in [0.29, 0.717) is 0 Å². The van der Waals surface area contributed by atoms with Crippen LogP contribution in [0.2, 0.25) is 0 Å². The maximum atomic E-state index is 9.80. The van der Waals surface area contributed by atoms with Crippen molar-refractivity contribution < 1.29 is 5.11 Å². The fourth-order valence-electron chi connectivity index (χ4n) is 1.78. The van der Waals surface area contributed by atoms with Crippen LogP contribution in [0.5, 0.6) is 0 Å². The Bertz CT molecular complexity index is 289. The van der Waals surface area contributed by atoms with Crippen LogP contribution in [0.3, 0.4) is 0 Å². The van der Waals surface area contributed by atoms with Crippen LogP contribution in [0.1, 0.15) is 24.5 Å². The van der Waals surface area contributed by atoms with E-state index in [1.54, 1.807) is 0 Å². The second-order valence-electron chi connectivity index (χ2n) is 3.85. The molecule has 0 saturated heterocycles. The number of fused-ring (bicyclic) bond motifs is 1. The van der Waals surface area contributed by atoms with Crippen molar-refractivity contribution in [2.75, 3.05) is 0 Å². The second kappa shape index (κ2) is 2.60. The van der Waals surface area contributed by atoms with Gasteiger partial charge in [-0.2, -0.15) is 0 Å². The molecule has 1 N–H and O–H groups in total. The van der Waals surface area contributed by atoms with Crippen molar-refractivity contribution in [1.82, 2.24) is 0 Å². The second-order valence-corrected chi connectivity index (χ2v) is 3.85. The molecule has 63 valence electrons. The normalized spacial score (nSPS) is 28.2. The average molecular weight is 161 g/mol. The van der Waals surface area contributed by atoms with Gasteiger partial charge in [0.2, 0.25) is 0 Å². The molecular formula is C11H13O. The summed E-state index contributed by atoms with van der Waals surface area (Å²) in [4.78, 5) is 0. The zero-order chi connectivity index (χ0) is 8.60. The highest BCUT2D eigenvalue weighted by molar-refractivity contribution is 5.30. The first-order valence-electron chi connectivity index (χ1n) is 4.38. The first kappa shape index (κ1) is 7.81. The number of hydrogen-bond donors (Lipinski definition) is 1. The van der Waals surface area contributed by atoms with E-state index in [4.69, 9.17) is 0 Å². The predicted molar refractivity (Wildman–Crippen MR) is 47.9 cm³/mol. The van der Waals surface area contributed by atoms with Gasteiger partial charge in [-0.15, -0.1) is 0 Å². The van der Waals surface area contributed by atoms with Gasteiger partial charge in [-0.25, -0.2) is 0 Å². The molecule has 0 saturated carbocycles. The van der Waals surface area contributed by atoms with E-state index in [1.165, 1.54) is 11.1 Å². The van der Waals surface area contributed by atoms with Crippen molar-refractivity contribution in [1.29, 1.82) is 0 Å². The van der Waals surface area contributed by atoms with Crippen LogP contribution in [0, 0.1) is 6.07 Å². The minimum Gasteiger partial charge on any atom is -0.390 e. The minimum absolute atomic E-state index is 0.509. The van der Waals surface area contributed by atoms with E-state index in [-0.39, 0.29) is 0 Å². The molecule has 1 radical (unpaired) electrons. The lowest BCUT2D eigenvalue weighted by Gasteiger charge is -2.29. The van der Waals surface area contributed by atoms with Crippen molar-refractivity contribution in [2.45, 2.75) is 31.8 Å². The molecule has 1 atom stereocenters. The Labute approximate surface area is 73.0 Å². The van der Waals surface area contributed by atoms with E-state index in [0.717, 1.165) is 19.3 Å². The molecular weight excluding hydrogens is 148 g/mol. The van der Waals surface area contributed by atoms with Crippen LogP contribution >= 0.6 is 0 Å². The third-order valence-corrected chi connectivity index (χ3v) is 2.53. The first-order chi connectivity index (χ1) is 5.67. The summed E-state index contributed by atoms with van der Waals surface area (Å²) in [7, 11) is 0. The largest absolute Gasteiger partial charge is 0.390 e. The van der Waals surface area contributed by atoms with Gasteiger partial charge < -0.3 is 5.11 Å². The van der Waals surface area contributed by atoms with Gasteiger partial charge in [0, 0.05) is 6.42 Å². The minimum atomic E-state index is -0.509. The molecule has 0 amide bonds. The van der Waals surface area contributed by atoms with Crippen molar-refractivity contribution in [3.63, 3.8) is 0 Å². The van der Waals surface area contributed by atoms with Crippen molar-refractivity contribution >= 4 is 0 Å². The molecule has 0 aliphatic heterocycles. The Morgan fingerprint density at radius 3 is 3.25 bits per heavy atom. The maximum Gasteiger partial charge on any atom is 0.0663 e.